The van der Waals surface area contributed by atoms with Gasteiger partial charge in [0.1, 0.15) is 0 Å². The van der Waals surface area contributed by atoms with Crippen molar-refractivity contribution in [1.29, 1.82) is 0 Å². The van der Waals surface area contributed by atoms with Crippen LogP contribution in [0.3, 0.4) is 0 Å². The van der Waals surface area contributed by atoms with Gasteiger partial charge in [-0.25, -0.2) is 5.84 Å². The third-order valence-corrected chi connectivity index (χ3v) is 2.57. The first-order valence-electron chi connectivity index (χ1n) is 4.75. The van der Waals surface area contributed by atoms with E-state index in [0.717, 1.165) is 19.6 Å². The van der Waals surface area contributed by atoms with E-state index in [-0.39, 0.29) is 5.91 Å². The number of nitrogens with one attached hydrogen (secondary N) is 1. The van der Waals surface area contributed by atoms with Gasteiger partial charge in [0.05, 0.1) is 0 Å². The van der Waals surface area contributed by atoms with Crippen LogP contribution in [0.1, 0.15) is 26.7 Å². The molecule has 0 radical (unpaired) electrons. The van der Waals surface area contributed by atoms with Gasteiger partial charge in [-0.1, -0.05) is 13.8 Å². The van der Waals surface area contributed by atoms with Gasteiger partial charge >= 0.3 is 0 Å². The number of nitrogens with zero attached hydrogens (tertiary/aromatic N) is 1. The zero-order chi connectivity index (χ0) is 9.90. The molecule has 1 rings (SSSR count). The summed E-state index contributed by atoms with van der Waals surface area (Å²) < 4.78 is 0. The number of nitrogens with two attached hydrogens (primary N) is 1. The molecular formula is C9H19N3O. The second-order valence-corrected chi connectivity index (χ2v) is 4.51. The number of amides is 1. The molecule has 76 valence electrons. The van der Waals surface area contributed by atoms with Gasteiger partial charge in [0.25, 0.3) is 0 Å². The van der Waals surface area contributed by atoms with Gasteiger partial charge in [-0.05, 0) is 18.4 Å². The lowest BCUT2D eigenvalue weighted by molar-refractivity contribution is -0.121. The highest BCUT2D eigenvalue weighted by Gasteiger charge is 2.28. The molecule has 0 spiro atoms. The van der Waals surface area contributed by atoms with Crippen molar-refractivity contribution >= 4 is 5.91 Å². The quantitative estimate of drug-likeness (QED) is 0.372. The van der Waals surface area contributed by atoms with E-state index in [1.165, 1.54) is 6.42 Å². The predicted molar refractivity (Wildman–Crippen MR) is 51.8 cm³/mol. The van der Waals surface area contributed by atoms with Crippen LogP contribution in [0, 0.1) is 5.41 Å². The van der Waals surface area contributed by atoms with E-state index in [1.807, 2.05) is 0 Å². The van der Waals surface area contributed by atoms with Crippen molar-refractivity contribution in [2.45, 2.75) is 26.7 Å². The smallest absolute Gasteiger partial charge is 0.235 e. The van der Waals surface area contributed by atoms with Gasteiger partial charge in [-0.3, -0.25) is 10.2 Å². The number of hydrazine groups is 1. The van der Waals surface area contributed by atoms with Crippen molar-refractivity contribution in [2.24, 2.45) is 11.3 Å². The van der Waals surface area contributed by atoms with E-state index in [0.29, 0.717) is 11.8 Å². The standard InChI is InChI=1S/C9H19N3O/c1-9(2)4-6-12(7-9)5-3-8(13)11-10/h3-7,10H2,1-2H3,(H,11,13). The van der Waals surface area contributed by atoms with Crippen molar-refractivity contribution in [1.82, 2.24) is 10.3 Å². The maximum absolute atomic E-state index is 10.9. The van der Waals surface area contributed by atoms with Crippen LogP contribution in [-0.4, -0.2) is 30.4 Å². The minimum Gasteiger partial charge on any atom is -0.302 e. The van der Waals surface area contributed by atoms with Crippen LogP contribution < -0.4 is 11.3 Å². The molecule has 0 aromatic heterocycles. The lowest BCUT2D eigenvalue weighted by Gasteiger charge is -2.18. The molecule has 1 fully saturated rings. The maximum Gasteiger partial charge on any atom is 0.235 e. The number of carbonyl (C=O) groups is 1. The van der Waals surface area contributed by atoms with Crippen LogP contribution in [-0.2, 0) is 4.79 Å². The van der Waals surface area contributed by atoms with Gasteiger partial charge < -0.3 is 4.90 Å². The summed E-state index contributed by atoms with van der Waals surface area (Å²) >= 11 is 0. The fourth-order valence-electron chi connectivity index (χ4n) is 1.75. The molecule has 1 aliphatic rings. The van der Waals surface area contributed by atoms with E-state index in [9.17, 15) is 4.79 Å². The van der Waals surface area contributed by atoms with Gasteiger partial charge in [0.15, 0.2) is 0 Å². The summed E-state index contributed by atoms with van der Waals surface area (Å²) in [4.78, 5) is 13.2. The van der Waals surface area contributed by atoms with E-state index in [2.05, 4.69) is 24.2 Å². The van der Waals surface area contributed by atoms with Crippen molar-refractivity contribution < 1.29 is 4.79 Å². The van der Waals surface area contributed by atoms with Gasteiger partial charge in [-0.2, -0.15) is 0 Å². The Morgan fingerprint density at radius 1 is 1.62 bits per heavy atom. The maximum atomic E-state index is 10.9. The van der Waals surface area contributed by atoms with E-state index < -0.39 is 0 Å². The number of hydrogen-bond donors (Lipinski definition) is 2. The zero-order valence-corrected chi connectivity index (χ0v) is 8.47. The van der Waals surface area contributed by atoms with Crippen LogP contribution in [0.25, 0.3) is 0 Å². The number of rotatable bonds is 3. The largest absolute Gasteiger partial charge is 0.302 e. The lowest BCUT2D eigenvalue weighted by Crippen LogP contribution is -2.34. The first-order chi connectivity index (χ1) is 6.03. The third kappa shape index (κ3) is 3.32. The molecule has 1 aliphatic heterocycles. The minimum absolute atomic E-state index is 0.0790. The summed E-state index contributed by atoms with van der Waals surface area (Å²) in [5.41, 5.74) is 2.56. The summed E-state index contributed by atoms with van der Waals surface area (Å²) in [7, 11) is 0. The Hall–Kier alpha value is -0.610. The van der Waals surface area contributed by atoms with E-state index >= 15 is 0 Å². The molecule has 4 heteroatoms. The monoisotopic (exact) mass is 185 g/mol. The number of carbonyl (C=O) groups excluding carboxylic acids is 1. The topological polar surface area (TPSA) is 58.4 Å². The van der Waals surface area contributed by atoms with Crippen LogP contribution in [0.2, 0.25) is 0 Å². The molecule has 1 saturated heterocycles. The normalized spacial score (nSPS) is 21.8. The second-order valence-electron chi connectivity index (χ2n) is 4.51. The molecule has 0 aromatic rings. The first kappa shape index (κ1) is 10.5. The highest BCUT2D eigenvalue weighted by molar-refractivity contribution is 5.75. The number of likely N-dealkylation sites (tertiary alicyclic amines) is 1. The Kier molecular flexibility index (Phi) is 3.27. The Morgan fingerprint density at radius 2 is 2.31 bits per heavy atom. The zero-order valence-electron chi connectivity index (χ0n) is 8.47. The molecule has 0 bridgehead atoms. The second kappa shape index (κ2) is 4.07. The van der Waals surface area contributed by atoms with Crippen LogP contribution in [0.5, 0.6) is 0 Å². The molecule has 0 atom stereocenters. The summed E-state index contributed by atoms with van der Waals surface area (Å²) in [5, 5.41) is 0. The molecule has 3 N–H and O–H groups in total. The molecule has 0 aliphatic carbocycles. The Balaban J connectivity index is 2.21. The van der Waals surface area contributed by atoms with Crippen molar-refractivity contribution in [3.8, 4) is 0 Å². The van der Waals surface area contributed by atoms with E-state index in [4.69, 9.17) is 5.84 Å². The Labute approximate surface area is 79.4 Å². The van der Waals surface area contributed by atoms with Crippen molar-refractivity contribution in [2.75, 3.05) is 19.6 Å². The summed E-state index contributed by atoms with van der Waals surface area (Å²) in [6, 6.07) is 0. The van der Waals surface area contributed by atoms with E-state index in [1.54, 1.807) is 0 Å². The Bertz CT molecular complexity index is 191. The molecular weight excluding hydrogens is 166 g/mol. The molecule has 1 amide bonds. The van der Waals surface area contributed by atoms with Crippen LogP contribution in [0.4, 0.5) is 0 Å². The molecule has 13 heavy (non-hydrogen) atoms. The summed E-state index contributed by atoms with van der Waals surface area (Å²) in [5.74, 6) is 4.91. The molecule has 0 unspecified atom stereocenters. The molecule has 0 aromatic carbocycles. The van der Waals surface area contributed by atoms with Gasteiger partial charge in [-0.15, -0.1) is 0 Å². The fraction of sp³-hybridized carbons (Fsp3) is 0.889. The Morgan fingerprint density at radius 3 is 2.77 bits per heavy atom. The first-order valence-corrected chi connectivity index (χ1v) is 4.75. The predicted octanol–water partition coefficient (Wildman–Crippen LogP) is 0.0983. The third-order valence-electron chi connectivity index (χ3n) is 2.57. The van der Waals surface area contributed by atoms with Crippen molar-refractivity contribution in [3.05, 3.63) is 0 Å². The average molecular weight is 185 g/mol. The molecule has 0 saturated carbocycles. The average Bonchev–Trinajstić information content (AvgIpc) is 2.41. The summed E-state index contributed by atoms with van der Waals surface area (Å²) in [6.07, 6.45) is 1.73. The summed E-state index contributed by atoms with van der Waals surface area (Å²) in [6.45, 7) is 7.54. The molecule has 4 nitrogen and oxygen atoms in total. The fourth-order valence-corrected chi connectivity index (χ4v) is 1.75. The molecule has 1 heterocycles. The van der Waals surface area contributed by atoms with Crippen LogP contribution in [0.15, 0.2) is 0 Å². The van der Waals surface area contributed by atoms with Gasteiger partial charge in [0, 0.05) is 19.5 Å². The van der Waals surface area contributed by atoms with Gasteiger partial charge in [0.2, 0.25) is 5.91 Å². The lowest BCUT2D eigenvalue weighted by atomic mass is 9.93. The van der Waals surface area contributed by atoms with Crippen molar-refractivity contribution in [3.63, 3.8) is 0 Å². The minimum atomic E-state index is -0.0790. The SMILES string of the molecule is CC1(C)CCN(CCC(=O)NN)C1. The highest BCUT2D eigenvalue weighted by atomic mass is 16.2. The number of hydrogen-bond acceptors (Lipinski definition) is 3. The van der Waals surface area contributed by atoms with Crippen LogP contribution >= 0.6 is 0 Å². The highest BCUT2D eigenvalue weighted by Crippen LogP contribution is 2.28.